The first-order chi connectivity index (χ1) is 8.73. The molecule has 0 aromatic heterocycles. The van der Waals surface area contributed by atoms with Crippen molar-refractivity contribution in [2.75, 3.05) is 18.1 Å². The lowest BCUT2D eigenvalue weighted by Gasteiger charge is -2.50. The maximum Gasteiger partial charge on any atom is 0.0701 e. The Bertz CT molecular complexity index is 263. The highest BCUT2D eigenvalue weighted by molar-refractivity contribution is 7.99. The van der Waals surface area contributed by atoms with Crippen molar-refractivity contribution >= 4 is 11.8 Å². The first-order valence-electron chi connectivity index (χ1n) is 7.73. The Balaban J connectivity index is 1.69. The van der Waals surface area contributed by atoms with Crippen molar-refractivity contribution in [1.29, 1.82) is 0 Å². The summed E-state index contributed by atoms with van der Waals surface area (Å²) in [5, 5.41) is 0. The van der Waals surface area contributed by atoms with Crippen LogP contribution in [0.5, 0.6) is 0 Å². The minimum absolute atomic E-state index is 0.139. The van der Waals surface area contributed by atoms with E-state index in [4.69, 9.17) is 10.5 Å². The lowest BCUT2D eigenvalue weighted by Crippen LogP contribution is -2.55. The van der Waals surface area contributed by atoms with Crippen LogP contribution >= 0.6 is 11.8 Å². The van der Waals surface area contributed by atoms with Crippen molar-refractivity contribution in [2.24, 2.45) is 11.7 Å². The van der Waals surface area contributed by atoms with Crippen molar-refractivity contribution in [3.05, 3.63) is 0 Å². The molecule has 1 atom stereocenters. The molecule has 18 heavy (non-hydrogen) atoms. The minimum Gasteiger partial charge on any atom is -0.375 e. The van der Waals surface area contributed by atoms with Crippen LogP contribution in [0.25, 0.3) is 0 Å². The molecular formula is C15H27NOS. The Labute approximate surface area is 115 Å². The third-order valence-corrected chi connectivity index (χ3v) is 6.48. The second-order valence-electron chi connectivity index (χ2n) is 6.63. The summed E-state index contributed by atoms with van der Waals surface area (Å²) in [5.74, 6) is 3.28. The number of hydrogen-bond donors (Lipinski definition) is 1. The van der Waals surface area contributed by atoms with Gasteiger partial charge in [-0.2, -0.15) is 11.8 Å². The van der Waals surface area contributed by atoms with E-state index in [9.17, 15) is 0 Å². The minimum atomic E-state index is 0.139. The molecule has 2 heterocycles. The second-order valence-corrected chi connectivity index (χ2v) is 7.85. The average Bonchev–Trinajstić information content (AvgIpc) is 2.41. The van der Waals surface area contributed by atoms with Gasteiger partial charge in [-0.3, -0.25) is 0 Å². The molecule has 104 valence electrons. The van der Waals surface area contributed by atoms with E-state index >= 15 is 0 Å². The lowest BCUT2D eigenvalue weighted by molar-refractivity contribution is -0.116. The Kier molecular flexibility index (Phi) is 3.93. The van der Waals surface area contributed by atoms with E-state index in [2.05, 4.69) is 11.8 Å². The Morgan fingerprint density at radius 3 is 2.44 bits per heavy atom. The summed E-state index contributed by atoms with van der Waals surface area (Å²) in [6.07, 6.45) is 11.5. The fourth-order valence-corrected chi connectivity index (χ4v) is 5.47. The van der Waals surface area contributed by atoms with Crippen LogP contribution in [0.15, 0.2) is 0 Å². The fourth-order valence-electron chi connectivity index (χ4n) is 4.23. The van der Waals surface area contributed by atoms with Gasteiger partial charge in [0.2, 0.25) is 0 Å². The molecule has 3 heteroatoms. The highest BCUT2D eigenvalue weighted by Gasteiger charge is 2.45. The molecule has 1 aliphatic carbocycles. The first kappa shape index (κ1) is 13.3. The molecule has 1 unspecified atom stereocenters. The predicted molar refractivity (Wildman–Crippen MR) is 78.0 cm³/mol. The van der Waals surface area contributed by atoms with Crippen LogP contribution in [0, 0.1) is 5.92 Å². The third kappa shape index (κ3) is 2.59. The number of hydrogen-bond acceptors (Lipinski definition) is 3. The van der Waals surface area contributed by atoms with Gasteiger partial charge in [0.15, 0.2) is 0 Å². The van der Waals surface area contributed by atoms with Gasteiger partial charge in [-0.05, 0) is 55.9 Å². The Morgan fingerprint density at radius 2 is 1.72 bits per heavy atom. The van der Waals surface area contributed by atoms with Crippen LogP contribution in [0.1, 0.15) is 57.8 Å². The first-order valence-corrected chi connectivity index (χ1v) is 8.89. The average molecular weight is 269 g/mol. The molecule has 2 N–H and O–H groups in total. The summed E-state index contributed by atoms with van der Waals surface area (Å²) >= 11 is 2.09. The normalized spacial score (nSPS) is 35.5. The van der Waals surface area contributed by atoms with Crippen LogP contribution < -0.4 is 5.73 Å². The Hall–Kier alpha value is 0.270. The number of ether oxygens (including phenoxy) is 1. The second kappa shape index (κ2) is 5.34. The molecule has 2 nitrogen and oxygen atoms in total. The van der Waals surface area contributed by atoms with Crippen molar-refractivity contribution in [1.82, 2.24) is 0 Å². The van der Waals surface area contributed by atoms with E-state index in [1.165, 1.54) is 69.3 Å². The summed E-state index contributed by atoms with van der Waals surface area (Å²) < 4.78 is 6.20. The molecule has 0 aromatic rings. The van der Waals surface area contributed by atoms with Crippen LogP contribution in [0.4, 0.5) is 0 Å². The van der Waals surface area contributed by atoms with Gasteiger partial charge < -0.3 is 10.5 Å². The summed E-state index contributed by atoms with van der Waals surface area (Å²) in [6.45, 7) is 0.953. The molecule has 1 spiro atoms. The molecule has 0 radical (unpaired) electrons. The molecule has 3 rings (SSSR count). The molecular weight excluding hydrogens is 242 g/mol. The van der Waals surface area contributed by atoms with Gasteiger partial charge in [0.25, 0.3) is 0 Å². The zero-order valence-corrected chi connectivity index (χ0v) is 12.3. The van der Waals surface area contributed by atoms with Crippen LogP contribution in [0.3, 0.4) is 0 Å². The summed E-state index contributed by atoms with van der Waals surface area (Å²) in [5.41, 5.74) is 7.11. The van der Waals surface area contributed by atoms with E-state index in [0.29, 0.717) is 0 Å². The van der Waals surface area contributed by atoms with E-state index in [1.807, 2.05) is 0 Å². The summed E-state index contributed by atoms with van der Waals surface area (Å²) in [4.78, 5) is 0. The molecule has 2 saturated heterocycles. The van der Waals surface area contributed by atoms with Gasteiger partial charge in [-0.1, -0.05) is 19.3 Å². The monoisotopic (exact) mass is 269 g/mol. The molecule has 3 fully saturated rings. The highest BCUT2D eigenvalue weighted by Crippen LogP contribution is 2.45. The zero-order chi connectivity index (χ0) is 12.5. The molecule has 0 aromatic carbocycles. The van der Waals surface area contributed by atoms with Crippen molar-refractivity contribution in [2.45, 2.75) is 68.9 Å². The van der Waals surface area contributed by atoms with Gasteiger partial charge in [0.05, 0.1) is 5.60 Å². The quantitative estimate of drug-likeness (QED) is 0.793. The molecule has 2 aliphatic heterocycles. The van der Waals surface area contributed by atoms with Crippen LogP contribution in [0.2, 0.25) is 0 Å². The largest absolute Gasteiger partial charge is 0.375 e. The van der Waals surface area contributed by atoms with E-state index in [0.717, 1.165) is 12.5 Å². The number of rotatable bonds is 1. The van der Waals surface area contributed by atoms with Gasteiger partial charge in [0, 0.05) is 12.1 Å². The standard InChI is InChI=1S/C15H27NOS/c16-15(5-2-1-3-6-15)13-4-9-17-14(12-13)7-10-18-11-8-14/h13H,1-12,16H2. The number of nitrogens with two attached hydrogens (primary N) is 1. The van der Waals surface area contributed by atoms with Crippen molar-refractivity contribution in [3.63, 3.8) is 0 Å². The van der Waals surface area contributed by atoms with Gasteiger partial charge >= 0.3 is 0 Å². The van der Waals surface area contributed by atoms with E-state index in [1.54, 1.807) is 0 Å². The molecule has 1 saturated carbocycles. The predicted octanol–water partition coefficient (Wildman–Crippen LogP) is 3.34. The van der Waals surface area contributed by atoms with Gasteiger partial charge in [-0.25, -0.2) is 0 Å². The van der Waals surface area contributed by atoms with Crippen molar-refractivity contribution in [3.8, 4) is 0 Å². The van der Waals surface area contributed by atoms with Crippen LogP contribution in [-0.2, 0) is 4.74 Å². The van der Waals surface area contributed by atoms with Gasteiger partial charge in [-0.15, -0.1) is 0 Å². The summed E-state index contributed by atoms with van der Waals surface area (Å²) in [6, 6.07) is 0. The van der Waals surface area contributed by atoms with Crippen molar-refractivity contribution < 1.29 is 4.74 Å². The van der Waals surface area contributed by atoms with Gasteiger partial charge in [0.1, 0.15) is 0 Å². The maximum absolute atomic E-state index is 6.76. The summed E-state index contributed by atoms with van der Waals surface area (Å²) in [7, 11) is 0. The lowest BCUT2D eigenvalue weighted by atomic mass is 9.67. The molecule has 0 amide bonds. The van der Waals surface area contributed by atoms with E-state index < -0.39 is 0 Å². The van der Waals surface area contributed by atoms with Crippen LogP contribution in [-0.4, -0.2) is 29.3 Å². The number of thioether (sulfide) groups is 1. The zero-order valence-electron chi connectivity index (χ0n) is 11.5. The van der Waals surface area contributed by atoms with E-state index in [-0.39, 0.29) is 11.1 Å². The maximum atomic E-state index is 6.76. The molecule has 3 aliphatic rings. The molecule has 0 bridgehead atoms. The smallest absolute Gasteiger partial charge is 0.0701 e. The Morgan fingerprint density at radius 1 is 1.00 bits per heavy atom. The fraction of sp³-hybridized carbons (Fsp3) is 1.00. The third-order valence-electron chi connectivity index (χ3n) is 5.49. The SMILES string of the molecule is NC1(C2CCOC3(CCSCC3)C2)CCCCC1. The topological polar surface area (TPSA) is 35.2 Å². The highest BCUT2D eigenvalue weighted by atomic mass is 32.2.